The van der Waals surface area contributed by atoms with E-state index < -0.39 is 10.9 Å². The van der Waals surface area contributed by atoms with Gasteiger partial charge >= 0.3 is 5.97 Å². The predicted octanol–water partition coefficient (Wildman–Crippen LogP) is 1.99. The van der Waals surface area contributed by atoms with Gasteiger partial charge in [-0.1, -0.05) is 18.2 Å². The summed E-state index contributed by atoms with van der Waals surface area (Å²) in [5.74, 6) is -0.479. The van der Waals surface area contributed by atoms with Crippen LogP contribution in [0.25, 0.3) is 0 Å². The summed E-state index contributed by atoms with van der Waals surface area (Å²) >= 11 is 0. The quantitative estimate of drug-likeness (QED) is 0.416. The molecule has 0 fully saturated rings. The highest BCUT2D eigenvalue weighted by molar-refractivity contribution is 5.73. The van der Waals surface area contributed by atoms with Crippen molar-refractivity contribution in [3.8, 4) is 0 Å². The molecule has 5 heteroatoms. The Labute approximate surface area is 93.2 Å². The van der Waals surface area contributed by atoms with Crippen LogP contribution in [0.2, 0.25) is 0 Å². The van der Waals surface area contributed by atoms with Gasteiger partial charge in [0.15, 0.2) is 0 Å². The Bertz CT molecular complexity index is 379. The minimum absolute atomic E-state index is 0.00486. The molecule has 0 atom stereocenters. The van der Waals surface area contributed by atoms with Gasteiger partial charge in [-0.25, -0.2) is 0 Å². The highest BCUT2D eigenvalue weighted by Crippen LogP contribution is 2.19. The van der Waals surface area contributed by atoms with Crippen LogP contribution in [-0.4, -0.2) is 18.0 Å². The lowest BCUT2D eigenvalue weighted by Crippen LogP contribution is -2.09. The smallest absolute Gasteiger partial charge is 0.310 e. The summed E-state index contributed by atoms with van der Waals surface area (Å²) in [6.07, 6.45) is 8.06. The van der Waals surface area contributed by atoms with E-state index in [-0.39, 0.29) is 12.1 Å². The van der Waals surface area contributed by atoms with E-state index in [1.54, 1.807) is 12.2 Å². The van der Waals surface area contributed by atoms with Gasteiger partial charge in [0.1, 0.15) is 0 Å². The van der Waals surface area contributed by atoms with Gasteiger partial charge in [-0.2, -0.15) is 0 Å². The van der Waals surface area contributed by atoms with E-state index in [0.29, 0.717) is 12.0 Å². The molecule has 0 spiro atoms. The molecule has 0 amide bonds. The van der Waals surface area contributed by atoms with Crippen molar-refractivity contribution in [2.24, 2.45) is 0 Å². The lowest BCUT2D eigenvalue weighted by atomic mass is 10.0. The molecule has 0 heterocycles. The van der Waals surface area contributed by atoms with Crippen LogP contribution in [0.5, 0.6) is 0 Å². The summed E-state index contributed by atoms with van der Waals surface area (Å²) in [7, 11) is 1.26. The second kappa shape index (κ2) is 5.85. The maximum Gasteiger partial charge on any atom is 0.310 e. The summed E-state index contributed by atoms with van der Waals surface area (Å²) < 4.78 is 4.50. The molecule has 0 bridgehead atoms. The van der Waals surface area contributed by atoms with Crippen LogP contribution in [0.3, 0.4) is 0 Å². The predicted molar refractivity (Wildman–Crippen MR) is 58.2 cm³/mol. The van der Waals surface area contributed by atoms with E-state index in [0.717, 1.165) is 6.42 Å². The van der Waals surface area contributed by atoms with E-state index >= 15 is 0 Å². The number of nitro groups is 1. The number of allylic oxidation sites excluding steroid dienone is 5. The number of rotatable bonds is 3. The summed E-state index contributed by atoms with van der Waals surface area (Å²) in [5.41, 5.74) is 0.377. The Hall–Kier alpha value is -1.91. The van der Waals surface area contributed by atoms with Gasteiger partial charge in [0.05, 0.1) is 18.5 Å². The van der Waals surface area contributed by atoms with Gasteiger partial charge in [-0.15, -0.1) is 0 Å². The molecule has 0 saturated heterocycles. The maximum absolute atomic E-state index is 11.1. The maximum atomic E-state index is 11.1. The lowest BCUT2D eigenvalue weighted by molar-refractivity contribution is -0.421. The van der Waals surface area contributed by atoms with Crippen molar-refractivity contribution in [2.75, 3.05) is 7.11 Å². The van der Waals surface area contributed by atoms with Gasteiger partial charge in [0.25, 0.3) is 5.70 Å². The van der Waals surface area contributed by atoms with Crippen molar-refractivity contribution in [3.63, 3.8) is 0 Å². The van der Waals surface area contributed by atoms with Crippen molar-refractivity contribution in [3.05, 3.63) is 45.7 Å². The van der Waals surface area contributed by atoms with Gasteiger partial charge in [0, 0.05) is 5.57 Å². The third-order valence-corrected chi connectivity index (χ3v) is 2.19. The van der Waals surface area contributed by atoms with E-state index in [4.69, 9.17) is 0 Å². The molecule has 0 aromatic rings. The minimum Gasteiger partial charge on any atom is -0.469 e. The molecule has 5 nitrogen and oxygen atoms in total. The Morgan fingerprint density at radius 2 is 2.31 bits per heavy atom. The van der Waals surface area contributed by atoms with Crippen LogP contribution in [-0.2, 0) is 9.53 Å². The molecule has 0 saturated carbocycles. The van der Waals surface area contributed by atoms with Crippen LogP contribution in [0, 0.1) is 10.1 Å². The molecule has 0 aliphatic heterocycles. The zero-order valence-electron chi connectivity index (χ0n) is 9.01. The molecule has 86 valence electrons. The molecule has 0 aromatic carbocycles. The molecule has 0 radical (unpaired) electrons. The van der Waals surface area contributed by atoms with Crippen molar-refractivity contribution >= 4 is 5.97 Å². The SMILES string of the molecule is COC(=O)CC1=CC=CCCC=C1[N+](=O)[O-]. The minimum atomic E-state index is -0.479. The third-order valence-electron chi connectivity index (χ3n) is 2.19. The molecule has 1 aliphatic rings. The zero-order chi connectivity index (χ0) is 12.0. The number of ether oxygens (including phenoxy) is 1. The highest BCUT2D eigenvalue weighted by Gasteiger charge is 2.20. The monoisotopic (exact) mass is 223 g/mol. The highest BCUT2D eigenvalue weighted by atomic mass is 16.6. The van der Waals surface area contributed by atoms with Crippen molar-refractivity contribution in [1.29, 1.82) is 0 Å². The van der Waals surface area contributed by atoms with E-state index in [9.17, 15) is 14.9 Å². The molecule has 0 aromatic heterocycles. The van der Waals surface area contributed by atoms with Gasteiger partial charge in [-0.05, 0) is 18.9 Å². The number of hydrogen-bond donors (Lipinski definition) is 0. The molecule has 1 aliphatic carbocycles. The molecule has 0 unspecified atom stereocenters. The number of carbonyl (C=O) groups excluding carboxylic acids is 1. The van der Waals surface area contributed by atoms with Crippen LogP contribution in [0.15, 0.2) is 35.6 Å². The number of carbonyl (C=O) groups is 1. The first-order valence-electron chi connectivity index (χ1n) is 4.92. The van der Waals surface area contributed by atoms with Crippen molar-refractivity contribution < 1.29 is 14.5 Å². The average molecular weight is 223 g/mol. The Morgan fingerprint density at radius 3 is 2.94 bits per heavy atom. The topological polar surface area (TPSA) is 69.4 Å². The van der Waals surface area contributed by atoms with Crippen LogP contribution in [0.4, 0.5) is 0 Å². The van der Waals surface area contributed by atoms with Gasteiger partial charge in [0.2, 0.25) is 0 Å². The molecule has 16 heavy (non-hydrogen) atoms. The first-order chi connectivity index (χ1) is 7.65. The lowest BCUT2D eigenvalue weighted by Gasteiger charge is -2.05. The fourth-order valence-electron chi connectivity index (χ4n) is 1.38. The summed E-state index contributed by atoms with van der Waals surface area (Å²) in [4.78, 5) is 21.5. The Balaban J connectivity index is 2.96. The third kappa shape index (κ3) is 3.34. The second-order valence-corrected chi connectivity index (χ2v) is 3.30. The largest absolute Gasteiger partial charge is 0.469 e. The van der Waals surface area contributed by atoms with Gasteiger partial charge < -0.3 is 4.74 Å². The average Bonchev–Trinajstić information content (AvgIpc) is 2.21. The number of methoxy groups -OCH3 is 1. The summed E-state index contributed by atoms with van der Waals surface area (Å²) in [5, 5.41) is 10.8. The molecular formula is C11H13NO4. The molecule has 1 rings (SSSR count). The number of hydrogen-bond acceptors (Lipinski definition) is 4. The van der Waals surface area contributed by atoms with E-state index in [1.165, 1.54) is 13.2 Å². The van der Waals surface area contributed by atoms with Crippen LogP contribution in [0.1, 0.15) is 19.3 Å². The zero-order valence-corrected chi connectivity index (χ0v) is 9.01. The Kier molecular flexibility index (Phi) is 4.44. The van der Waals surface area contributed by atoms with Crippen molar-refractivity contribution in [1.82, 2.24) is 0 Å². The first-order valence-corrected chi connectivity index (χ1v) is 4.92. The Morgan fingerprint density at radius 1 is 1.56 bits per heavy atom. The molecule has 0 N–H and O–H groups in total. The van der Waals surface area contributed by atoms with Crippen LogP contribution < -0.4 is 0 Å². The van der Waals surface area contributed by atoms with Crippen molar-refractivity contribution in [2.45, 2.75) is 19.3 Å². The fourth-order valence-corrected chi connectivity index (χ4v) is 1.38. The first kappa shape index (κ1) is 12.2. The number of esters is 1. The normalized spacial score (nSPS) is 15.6. The van der Waals surface area contributed by atoms with Gasteiger partial charge in [-0.3, -0.25) is 14.9 Å². The molecular weight excluding hydrogens is 210 g/mol. The fraction of sp³-hybridized carbons (Fsp3) is 0.364. The standard InChI is InChI=1S/C11H13NO4/c1-16-11(13)8-9-6-4-2-3-5-7-10(9)12(14)15/h2,4,6-7H,3,5,8H2,1H3. The summed E-state index contributed by atoms with van der Waals surface area (Å²) in [6, 6.07) is 0. The summed E-state index contributed by atoms with van der Waals surface area (Å²) in [6.45, 7) is 0. The number of nitrogens with zero attached hydrogens (tertiary/aromatic N) is 1. The second-order valence-electron chi connectivity index (χ2n) is 3.30. The van der Waals surface area contributed by atoms with Crippen LogP contribution >= 0.6 is 0 Å². The van der Waals surface area contributed by atoms with E-state index in [2.05, 4.69) is 4.74 Å². The van der Waals surface area contributed by atoms with E-state index in [1.807, 2.05) is 6.08 Å².